The Morgan fingerprint density at radius 2 is 1.75 bits per heavy atom. The number of azo groups is 2. The van der Waals surface area contributed by atoms with Crippen molar-refractivity contribution in [1.82, 2.24) is 0 Å². The average molecular weight is 399 g/mol. The standard InChI is InChI=1S/C18H17N5O4S/c1-20-23-17-15(28(25,26)27-2)10-12-14(9-8-13(19)16(12)18(17)24)22-21-11-6-4-3-5-7-11/h3-10,24H,19H2,1-2H3. The third kappa shape index (κ3) is 3.55. The van der Waals surface area contributed by atoms with Gasteiger partial charge in [-0.3, -0.25) is 4.18 Å². The molecule has 3 N–H and O–H groups in total. The molecule has 0 saturated carbocycles. The van der Waals surface area contributed by atoms with Crippen LogP contribution in [0.25, 0.3) is 10.8 Å². The first-order valence-corrected chi connectivity index (χ1v) is 9.45. The third-order valence-electron chi connectivity index (χ3n) is 3.94. The number of hydrogen-bond acceptors (Lipinski definition) is 9. The number of phenolic OH excluding ortho intramolecular Hbond substituents is 1. The number of rotatable bonds is 5. The second kappa shape index (κ2) is 7.71. The lowest BCUT2D eigenvalue weighted by atomic mass is 10.0. The highest BCUT2D eigenvalue weighted by atomic mass is 32.2. The molecule has 0 saturated heterocycles. The lowest BCUT2D eigenvalue weighted by Crippen LogP contribution is -2.04. The predicted molar refractivity (Wildman–Crippen MR) is 105 cm³/mol. The first-order chi connectivity index (χ1) is 13.4. The number of nitrogens with two attached hydrogens (primary N) is 1. The zero-order valence-electron chi connectivity index (χ0n) is 15.1. The highest BCUT2D eigenvalue weighted by Crippen LogP contribution is 2.46. The van der Waals surface area contributed by atoms with E-state index in [1.165, 1.54) is 13.1 Å². The first kappa shape index (κ1) is 19.4. The Bertz CT molecular complexity index is 1190. The maximum atomic E-state index is 12.3. The molecule has 0 aliphatic heterocycles. The van der Waals surface area contributed by atoms with Gasteiger partial charge in [0, 0.05) is 18.1 Å². The normalized spacial score (nSPS) is 12.4. The summed E-state index contributed by atoms with van der Waals surface area (Å²) in [5, 5.41) is 26.8. The minimum Gasteiger partial charge on any atom is -0.505 e. The summed E-state index contributed by atoms with van der Waals surface area (Å²) in [6.07, 6.45) is 0. The molecular weight excluding hydrogens is 382 g/mol. The molecule has 0 spiro atoms. The van der Waals surface area contributed by atoms with Gasteiger partial charge < -0.3 is 10.8 Å². The van der Waals surface area contributed by atoms with Crippen molar-refractivity contribution in [3.63, 3.8) is 0 Å². The van der Waals surface area contributed by atoms with Crippen LogP contribution in [0.1, 0.15) is 0 Å². The molecule has 10 heteroatoms. The summed E-state index contributed by atoms with van der Waals surface area (Å²) >= 11 is 0. The molecule has 0 bridgehead atoms. The van der Waals surface area contributed by atoms with E-state index < -0.39 is 15.9 Å². The quantitative estimate of drug-likeness (QED) is 0.367. The van der Waals surface area contributed by atoms with Crippen molar-refractivity contribution in [2.75, 3.05) is 19.9 Å². The van der Waals surface area contributed by atoms with Crippen LogP contribution in [0, 0.1) is 0 Å². The fourth-order valence-electron chi connectivity index (χ4n) is 2.64. The Labute approximate surface area is 161 Å². The van der Waals surface area contributed by atoms with Gasteiger partial charge in [0.25, 0.3) is 10.1 Å². The fraction of sp³-hybridized carbons (Fsp3) is 0.111. The molecular formula is C18H17N5O4S. The van der Waals surface area contributed by atoms with E-state index in [0.29, 0.717) is 11.4 Å². The minimum atomic E-state index is -4.19. The number of hydrogen-bond donors (Lipinski definition) is 2. The topological polar surface area (TPSA) is 139 Å². The molecule has 0 unspecified atom stereocenters. The molecule has 0 atom stereocenters. The molecule has 0 amide bonds. The van der Waals surface area contributed by atoms with Gasteiger partial charge >= 0.3 is 0 Å². The van der Waals surface area contributed by atoms with E-state index >= 15 is 0 Å². The summed E-state index contributed by atoms with van der Waals surface area (Å²) in [4.78, 5) is -0.354. The van der Waals surface area contributed by atoms with Crippen LogP contribution in [-0.4, -0.2) is 27.7 Å². The number of anilines is 1. The molecule has 3 rings (SSSR count). The molecule has 3 aromatic carbocycles. The van der Waals surface area contributed by atoms with Crippen LogP contribution >= 0.6 is 0 Å². The van der Waals surface area contributed by atoms with E-state index in [1.54, 1.807) is 24.3 Å². The summed E-state index contributed by atoms with van der Waals surface area (Å²) in [7, 11) is -1.83. The van der Waals surface area contributed by atoms with E-state index in [-0.39, 0.29) is 27.0 Å². The van der Waals surface area contributed by atoms with E-state index in [0.717, 1.165) is 7.11 Å². The van der Waals surface area contributed by atoms with Crippen molar-refractivity contribution in [3.8, 4) is 5.75 Å². The lowest BCUT2D eigenvalue weighted by Gasteiger charge is -2.12. The van der Waals surface area contributed by atoms with Crippen molar-refractivity contribution in [3.05, 3.63) is 48.5 Å². The molecule has 0 aromatic heterocycles. The van der Waals surface area contributed by atoms with Gasteiger partial charge in [0.1, 0.15) is 10.6 Å². The summed E-state index contributed by atoms with van der Waals surface area (Å²) in [6, 6.07) is 13.4. The van der Waals surface area contributed by atoms with Gasteiger partial charge in [0.2, 0.25) is 0 Å². The summed E-state index contributed by atoms with van der Waals surface area (Å²) in [6.45, 7) is 0. The van der Waals surface area contributed by atoms with Gasteiger partial charge in [-0.25, -0.2) is 0 Å². The molecule has 0 aliphatic rings. The first-order valence-electron chi connectivity index (χ1n) is 8.04. The highest BCUT2D eigenvalue weighted by molar-refractivity contribution is 7.87. The van der Waals surface area contributed by atoms with E-state index in [9.17, 15) is 13.5 Å². The zero-order valence-corrected chi connectivity index (χ0v) is 15.9. The fourth-order valence-corrected chi connectivity index (χ4v) is 3.46. The Hall–Kier alpha value is -3.37. The number of nitrogen functional groups attached to an aromatic ring is 1. The Morgan fingerprint density at radius 3 is 2.39 bits per heavy atom. The lowest BCUT2D eigenvalue weighted by molar-refractivity contribution is 0.397. The Balaban J connectivity index is 2.34. The molecule has 0 heterocycles. The second-order valence-electron chi connectivity index (χ2n) is 5.62. The van der Waals surface area contributed by atoms with Crippen LogP contribution in [-0.2, 0) is 14.3 Å². The van der Waals surface area contributed by atoms with Crippen molar-refractivity contribution >= 4 is 43.6 Å². The molecule has 9 nitrogen and oxygen atoms in total. The van der Waals surface area contributed by atoms with Gasteiger partial charge in [-0.15, -0.1) is 5.11 Å². The van der Waals surface area contributed by atoms with Crippen molar-refractivity contribution < 1.29 is 17.7 Å². The summed E-state index contributed by atoms with van der Waals surface area (Å²) in [5.41, 5.74) is 6.89. The van der Waals surface area contributed by atoms with Crippen molar-refractivity contribution in [2.45, 2.75) is 4.90 Å². The van der Waals surface area contributed by atoms with Gasteiger partial charge in [0.15, 0.2) is 5.75 Å². The number of benzene rings is 3. The van der Waals surface area contributed by atoms with Crippen LogP contribution in [0.15, 0.2) is 73.9 Å². The smallest absolute Gasteiger partial charge is 0.299 e. The molecule has 0 radical (unpaired) electrons. The maximum Gasteiger partial charge on any atom is 0.299 e. The monoisotopic (exact) mass is 399 g/mol. The number of phenols is 1. The molecule has 28 heavy (non-hydrogen) atoms. The van der Waals surface area contributed by atoms with Crippen LogP contribution in [0.3, 0.4) is 0 Å². The van der Waals surface area contributed by atoms with Gasteiger partial charge in [-0.1, -0.05) is 18.2 Å². The summed E-state index contributed by atoms with van der Waals surface area (Å²) in [5.74, 6) is -0.437. The SMILES string of the molecule is CN=Nc1c(S(=O)(=O)OC)cc2c(N=Nc3ccccc3)ccc(N)c2c1O. The minimum absolute atomic E-state index is 0.196. The largest absolute Gasteiger partial charge is 0.505 e. The number of fused-ring (bicyclic) bond motifs is 1. The molecule has 3 aromatic rings. The van der Waals surface area contributed by atoms with Gasteiger partial charge in [-0.05, 0) is 30.3 Å². The van der Waals surface area contributed by atoms with Gasteiger partial charge in [0.05, 0.1) is 23.9 Å². The van der Waals surface area contributed by atoms with Crippen LogP contribution in [0.4, 0.5) is 22.7 Å². The van der Waals surface area contributed by atoms with Gasteiger partial charge in [-0.2, -0.15) is 23.8 Å². The average Bonchev–Trinajstić information content (AvgIpc) is 2.70. The predicted octanol–water partition coefficient (Wildman–Crippen LogP) is 4.59. The van der Waals surface area contributed by atoms with Crippen LogP contribution < -0.4 is 5.73 Å². The Morgan fingerprint density at radius 1 is 1.04 bits per heavy atom. The highest BCUT2D eigenvalue weighted by Gasteiger charge is 2.25. The maximum absolute atomic E-state index is 12.3. The number of aromatic hydroxyl groups is 1. The number of nitrogens with zero attached hydrogens (tertiary/aromatic N) is 4. The summed E-state index contributed by atoms with van der Waals surface area (Å²) < 4.78 is 29.3. The van der Waals surface area contributed by atoms with E-state index in [2.05, 4.69) is 24.6 Å². The van der Waals surface area contributed by atoms with E-state index in [4.69, 9.17) is 5.73 Å². The molecule has 0 aliphatic carbocycles. The second-order valence-corrected chi connectivity index (χ2v) is 7.31. The molecule has 144 valence electrons. The van der Waals surface area contributed by atoms with Crippen molar-refractivity contribution in [2.24, 2.45) is 20.5 Å². The Kier molecular flexibility index (Phi) is 5.34. The third-order valence-corrected chi connectivity index (χ3v) is 5.23. The van der Waals surface area contributed by atoms with Crippen LogP contribution in [0.2, 0.25) is 0 Å². The van der Waals surface area contributed by atoms with E-state index in [1.807, 2.05) is 18.2 Å². The van der Waals surface area contributed by atoms with Crippen LogP contribution in [0.5, 0.6) is 5.75 Å². The molecule has 0 fully saturated rings. The zero-order chi connectivity index (χ0) is 20.3. The van der Waals surface area contributed by atoms with Crippen molar-refractivity contribution in [1.29, 1.82) is 0 Å².